The van der Waals surface area contributed by atoms with E-state index >= 15 is 0 Å². The molecule has 0 fully saturated rings. The molecule has 0 unspecified atom stereocenters. The van der Waals surface area contributed by atoms with Crippen LogP contribution in [0.4, 0.5) is 17.6 Å². The number of carbonyl (C=O) groups excluding carboxylic acids is 2. The predicted octanol–water partition coefficient (Wildman–Crippen LogP) is 4.64. The molecule has 0 saturated carbocycles. The molecule has 1 heterocycles. The third-order valence-electron chi connectivity index (χ3n) is 4.75. The number of rotatable bonds is 9. The van der Waals surface area contributed by atoms with Crippen molar-refractivity contribution in [3.8, 4) is 11.4 Å². The summed E-state index contributed by atoms with van der Waals surface area (Å²) in [5, 5.41) is 7.68. The Morgan fingerprint density at radius 2 is 1.86 bits per heavy atom. The molecule has 0 saturated heterocycles. The Bertz CT molecular complexity index is 1220. The number of halogens is 5. The van der Waals surface area contributed by atoms with Gasteiger partial charge in [-0.2, -0.15) is 0 Å². The molecular formula is C23H19ClF4N4O3. The molecule has 0 bridgehead atoms. The van der Waals surface area contributed by atoms with E-state index in [9.17, 15) is 27.2 Å². The molecule has 0 radical (unpaired) electrons. The molecule has 2 aromatic carbocycles. The number of carbonyl (C=O) groups is 2. The van der Waals surface area contributed by atoms with Crippen LogP contribution >= 0.6 is 11.6 Å². The van der Waals surface area contributed by atoms with Gasteiger partial charge >= 0.3 is 6.36 Å². The molecule has 35 heavy (non-hydrogen) atoms. The van der Waals surface area contributed by atoms with E-state index in [1.54, 1.807) is 19.0 Å². The van der Waals surface area contributed by atoms with Crippen molar-refractivity contribution in [2.45, 2.75) is 12.8 Å². The number of nitrogens with zero attached hydrogens (tertiary/aromatic N) is 4. The van der Waals surface area contributed by atoms with Gasteiger partial charge in [-0.1, -0.05) is 22.9 Å². The molecule has 3 rings (SSSR count). The Morgan fingerprint density at radius 1 is 1.17 bits per heavy atom. The van der Waals surface area contributed by atoms with Crippen LogP contribution in [0.15, 0.2) is 60.9 Å². The molecule has 1 aromatic heterocycles. The summed E-state index contributed by atoms with van der Waals surface area (Å²) >= 11 is 6.09. The van der Waals surface area contributed by atoms with Gasteiger partial charge in [0.15, 0.2) is 11.6 Å². The number of alkyl halides is 3. The minimum Gasteiger partial charge on any atom is -0.406 e. The first-order valence-electron chi connectivity index (χ1n) is 10.1. The lowest BCUT2D eigenvalue weighted by atomic mass is 9.89. The van der Waals surface area contributed by atoms with Crippen LogP contribution in [0.25, 0.3) is 5.69 Å². The first-order chi connectivity index (χ1) is 16.4. The summed E-state index contributed by atoms with van der Waals surface area (Å²) in [6, 6.07) is 8.74. The number of hydrogen-bond acceptors (Lipinski definition) is 6. The second-order valence-electron chi connectivity index (χ2n) is 7.59. The van der Waals surface area contributed by atoms with Crippen LogP contribution in [0.5, 0.6) is 5.75 Å². The summed E-state index contributed by atoms with van der Waals surface area (Å²) in [4.78, 5) is 27.7. The SMILES string of the molecule is CN(C)/C=C/C(=O)[C@H](Cc1c(F)cccc1Cl)C(=O)c1cn(-c2ccc(OC(F)(F)F)cc2)nn1. The molecule has 1 atom stereocenters. The van der Waals surface area contributed by atoms with Gasteiger partial charge < -0.3 is 9.64 Å². The third-order valence-corrected chi connectivity index (χ3v) is 5.10. The average molecular weight is 511 g/mol. The topological polar surface area (TPSA) is 77.3 Å². The van der Waals surface area contributed by atoms with Crippen molar-refractivity contribution in [1.82, 2.24) is 19.9 Å². The maximum atomic E-state index is 14.4. The van der Waals surface area contributed by atoms with Gasteiger partial charge in [0.05, 0.1) is 17.8 Å². The van der Waals surface area contributed by atoms with Crippen molar-refractivity contribution in [3.05, 3.63) is 83.0 Å². The lowest BCUT2D eigenvalue weighted by Gasteiger charge is -2.14. The van der Waals surface area contributed by atoms with Crippen LogP contribution in [-0.4, -0.2) is 51.9 Å². The molecular weight excluding hydrogens is 492 g/mol. The van der Waals surface area contributed by atoms with E-state index in [0.29, 0.717) is 5.69 Å². The molecule has 0 aliphatic carbocycles. The van der Waals surface area contributed by atoms with Crippen LogP contribution in [0.1, 0.15) is 16.1 Å². The van der Waals surface area contributed by atoms with E-state index < -0.39 is 35.4 Å². The van der Waals surface area contributed by atoms with E-state index in [0.717, 1.165) is 16.8 Å². The van der Waals surface area contributed by atoms with Gasteiger partial charge in [-0.05, 0) is 48.9 Å². The molecule has 0 N–H and O–H groups in total. The van der Waals surface area contributed by atoms with Gasteiger partial charge in [0.25, 0.3) is 0 Å². The number of allylic oxidation sites excluding steroid dienone is 1. The Balaban J connectivity index is 1.88. The summed E-state index contributed by atoms with van der Waals surface area (Å²) in [5.41, 5.74) is 0.107. The number of ether oxygens (including phenoxy) is 1. The monoisotopic (exact) mass is 510 g/mol. The van der Waals surface area contributed by atoms with E-state index in [4.69, 9.17) is 11.6 Å². The predicted molar refractivity (Wildman–Crippen MR) is 119 cm³/mol. The normalized spacial score (nSPS) is 12.5. The highest BCUT2D eigenvalue weighted by atomic mass is 35.5. The number of ketones is 2. The third kappa shape index (κ3) is 6.89. The highest BCUT2D eigenvalue weighted by molar-refractivity contribution is 6.31. The van der Waals surface area contributed by atoms with Crippen LogP contribution in [0.2, 0.25) is 5.02 Å². The number of hydrogen-bond donors (Lipinski definition) is 0. The van der Waals surface area contributed by atoms with Crippen molar-refractivity contribution < 1.29 is 31.9 Å². The zero-order chi connectivity index (χ0) is 25.8. The van der Waals surface area contributed by atoms with Crippen LogP contribution in [-0.2, 0) is 11.2 Å². The minimum atomic E-state index is -4.84. The first kappa shape index (κ1) is 25.9. The lowest BCUT2D eigenvalue weighted by Crippen LogP contribution is -2.26. The van der Waals surface area contributed by atoms with Crippen molar-refractivity contribution in [2.75, 3.05) is 14.1 Å². The number of Topliss-reactive ketones (excluding diaryl/α,β-unsaturated/α-hetero) is 1. The highest BCUT2D eigenvalue weighted by Crippen LogP contribution is 2.26. The molecule has 7 nitrogen and oxygen atoms in total. The standard InChI is InChI=1S/C23H19ClF4N4O3/c1-31(2)11-10-21(33)17(12-16-18(24)4-3-5-19(16)25)22(34)20-13-32(30-29-20)14-6-8-15(9-7-14)35-23(26,27)28/h3-11,13,17H,12H2,1-2H3/b11-10+/t17-/m0/s1. The molecule has 0 aliphatic heterocycles. The smallest absolute Gasteiger partial charge is 0.406 e. The van der Waals surface area contributed by atoms with Crippen LogP contribution in [0.3, 0.4) is 0 Å². The van der Waals surface area contributed by atoms with Crippen molar-refractivity contribution in [1.29, 1.82) is 0 Å². The first-order valence-corrected chi connectivity index (χ1v) is 10.5. The van der Waals surface area contributed by atoms with E-state index in [1.807, 2.05) is 0 Å². The van der Waals surface area contributed by atoms with Crippen molar-refractivity contribution in [2.24, 2.45) is 5.92 Å². The van der Waals surface area contributed by atoms with Crippen molar-refractivity contribution >= 4 is 23.2 Å². The summed E-state index contributed by atoms with van der Waals surface area (Å²) in [7, 11) is 3.37. The van der Waals surface area contributed by atoms with Crippen molar-refractivity contribution in [3.63, 3.8) is 0 Å². The molecule has 0 amide bonds. The maximum Gasteiger partial charge on any atom is 0.573 e. The fourth-order valence-electron chi connectivity index (χ4n) is 3.07. The van der Waals surface area contributed by atoms with E-state index in [2.05, 4.69) is 15.0 Å². The summed E-state index contributed by atoms with van der Waals surface area (Å²) in [6.45, 7) is 0. The van der Waals surface area contributed by atoms with Gasteiger partial charge in [-0.15, -0.1) is 18.3 Å². The quantitative estimate of drug-likeness (QED) is 0.181. The Hall–Kier alpha value is -3.73. The molecule has 3 aromatic rings. The Morgan fingerprint density at radius 3 is 2.46 bits per heavy atom. The minimum absolute atomic E-state index is 0.00626. The average Bonchev–Trinajstić information content (AvgIpc) is 3.27. The molecule has 184 valence electrons. The van der Waals surface area contributed by atoms with Gasteiger partial charge in [0.2, 0.25) is 0 Å². The number of aromatic nitrogens is 3. The summed E-state index contributed by atoms with van der Waals surface area (Å²) in [6.07, 6.45) is -1.27. The van der Waals surface area contributed by atoms with Gasteiger partial charge in [-0.25, -0.2) is 9.07 Å². The van der Waals surface area contributed by atoms with Gasteiger partial charge in [-0.3, -0.25) is 9.59 Å². The van der Waals surface area contributed by atoms with Gasteiger partial charge in [0.1, 0.15) is 17.3 Å². The second-order valence-corrected chi connectivity index (χ2v) is 8.00. The zero-order valence-corrected chi connectivity index (χ0v) is 19.2. The summed E-state index contributed by atoms with van der Waals surface area (Å²) < 4.78 is 56.4. The Labute approximate surface area is 202 Å². The molecule has 0 aliphatic rings. The maximum absolute atomic E-state index is 14.4. The fraction of sp³-hybridized carbons (Fsp3) is 0.217. The lowest BCUT2D eigenvalue weighted by molar-refractivity contribution is -0.274. The van der Waals surface area contributed by atoms with Gasteiger partial charge in [0, 0.05) is 30.9 Å². The largest absolute Gasteiger partial charge is 0.573 e. The van der Waals surface area contributed by atoms with E-state index in [1.165, 1.54) is 48.8 Å². The molecule has 12 heteroatoms. The number of benzene rings is 2. The van der Waals surface area contributed by atoms with Crippen LogP contribution < -0.4 is 4.74 Å². The Kier molecular flexibility index (Phi) is 7.90. The highest BCUT2D eigenvalue weighted by Gasteiger charge is 2.32. The van der Waals surface area contributed by atoms with Crippen LogP contribution in [0, 0.1) is 11.7 Å². The fourth-order valence-corrected chi connectivity index (χ4v) is 3.31. The van der Waals surface area contributed by atoms with E-state index in [-0.39, 0.29) is 22.7 Å². The molecule has 0 spiro atoms. The summed E-state index contributed by atoms with van der Waals surface area (Å²) in [5.74, 6) is -3.75. The second kappa shape index (κ2) is 10.7. The zero-order valence-electron chi connectivity index (χ0n) is 18.5.